The Balaban J connectivity index is 0. The Bertz CT molecular complexity index is 275. The van der Waals surface area contributed by atoms with Crippen LogP contribution in [0.2, 0.25) is 0 Å². The molecule has 0 fully saturated rings. The Morgan fingerprint density at radius 2 is 1.71 bits per heavy atom. The lowest BCUT2D eigenvalue weighted by molar-refractivity contribution is -0.142. The summed E-state index contributed by atoms with van der Waals surface area (Å²) in [6.07, 6.45) is -5.94. The van der Waals surface area contributed by atoms with Gasteiger partial charge in [-0.05, 0) is 0 Å². The Morgan fingerprint density at radius 3 is 2.06 bits per heavy atom. The fourth-order valence-corrected chi connectivity index (χ4v) is 1.11. The monoisotopic (exact) mass is 276 g/mol. The lowest BCUT2D eigenvalue weighted by Crippen LogP contribution is -2.45. The fraction of sp³-hybridized carbons (Fsp3) is 0.857. The highest BCUT2D eigenvalue weighted by molar-refractivity contribution is 7.46. The average Bonchev–Trinajstić information content (AvgIpc) is 2.21. The molecule has 0 aromatic heterocycles. The molecular formula is C7H17O9P. The van der Waals surface area contributed by atoms with Gasteiger partial charge in [-0.1, -0.05) is 7.43 Å². The maximum atomic E-state index is 10.7. The third-order valence-corrected chi connectivity index (χ3v) is 2.10. The van der Waals surface area contributed by atoms with Crippen molar-refractivity contribution in [1.29, 1.82) is 0 Å². The molecule has 0 rings (SSSR count). The first-order valence-corrected chi connectivity index (χ1v) is 5.60. The molecule has 0 unspecified atom stereocenters. The zero-order valence-electron chi connectivity index (χ0n) is 8.00. The van der Waals surface area contributed by atoms with Crippen molar-refractivity contribution in [2.45, 2.75) is 25.7 Å². The lowest BCUT2D eigenvalue weighted by atomic mass is 10.1. The van der Waals surface area contributed by atoms with Crippen LogP contribution in [0, 0.1) is 0 Å². The molecule has 0 bridgehead atoms. The minimum Gasteiger partial charge on any atom is -0.388 e. The molecule has 0 saturated carbocycles. The highest BCUT2D eigenvalue weighted by Crippen LogP contribution is 2.35. The largest absolute Gasteiger partial charge is 0.469 e. The zero-order valence-corrected chi connectivity index (χ0v) is 8.90. The molecule has 0 saturated heterocycles. The van der Waals surface area contributed by atoms with Gasteiger partial charge in [0.05, 0.1) is 6.61 Å². The maximum Gasteiger partial charge on any atom is 0.469 e. The average molecular weight is 276 g/mol. The van der Waals surface area contributed by atoms with Crippen molar-refractivity contribution in [3.63, 3.8) is 0 Å². The summed E-state index contributed by atoms with van der Waals surface area (Å²) >= 11 is 0. The standard InChI is InChI=1S/C6H13O9P.CH4/c7-1-3(8)5(10)6(11)4(9)2-15-16(12,13)14;/h4-7,9-11H,1-2H2,(H2,12,13,14);1H4/t4-,5-,6-;/m1./s1. The van der Waals surface area contributed by atoms with Gasteiger partial charge in [0, 0.05) is 0 Å². The quantitative estimate of drug-likeness (QED) is 0.273. The predicted octanol–water partition coefficient (Wildman–Crippen LogP) is -2.62. The van der Waals surface area contributed by atoms with Crippen LogP contribution in [-0.4, -0.2) is 67.5 Å². The van der Waals surface area contributed by atoms with Crippen LogP contribution in [0.3, 0.4) is 0 Å². The molecule has 10 heteroatoms. The number of Topliss-reactive ketones (excluding diaryl/α,β-unsaturated/α-hetero) is 1. The molecule has 0 aromatic carbocycles. The van der Waals surface area contributed by atoms with E-state index in [1.807, 2.05) is 0 Å². The van der Waals surface area contributed by atoms with Crippen molar-refractivity contribution in [2.24, 2.45) is 0 Å². The summed E-state index contributed by atoms with van der Waals surface area (Å²) in [4.78, 5) is 27.2. The molecule has 0 aliphatic carbocycles. The predicted molar refractivity (Wildman–Crippen MR) is 54.8 cm³/mol. The van der Waals surface area contributed by atoms with Gasteiger partial charge in [-0.25, -0.2) is 4.57 Å². The molecule has 0 aromatic rings. The van der Waals surface area contributed by atoms with Gasteiger partial charge in [0.1, 0.15) is 24.9 Å². The van der Waals surface area contributed by atoms with E-state index in [1.165, 1.54) is 0 Å². The summed E-state index contributed by atoms with van der Waals surface area (Å²) in [6.45, 7) is -2.01. The molecule has 0 aliphatic heterocycles. The number of aliphatic hydroxyl groups excluding tert-OH is 4. The Kier molecular flexibility index (Phi) is 8.76. The molecule has 17 heavy (non-hydrogen) atoms. The Morgan fingerprint density at radius 1 is 1.24 bits per heavy atom. The van der Waals surface area contributed by atoms with Gasteiger partial charge >= 0.3 is 7.82 Å². The van der Waals surface area contributed by atoms with Crippen LogP contribution in [0.15, 0.2) is 0 Å². The van der Waals surface area contributed by atoms with Crippen molar-refractivity contribution in [2.75, 3.05) is 13.2 Å². The van der Waals surface area contributed by atoms with E-state index in [2.05, 4.69) is 4.52 Å². The Labute approximate surface area is 97.5 Å². The smallest absolute Gasteiger partial charge is 0.388 e. The van der Waals surface area contributed by atoms with Crippen molar-refractivity contribution < 1.29 is 44.1 Å². The number of hydrogen-bond donors (Lipinski definition) is 6. The highest BCUT2D eigenvalue weighted by Gasteiger charge is 2.31. The lowest BCUT2D eigenvalue weighted by Gasteiger charge is -2.21. The van der Waals surface area contributed by atoms with E-state index in [0.29, 0.717) is 0 Å². The number of phosphoric acid groups is 1. The third-order valence-electron chi connectivity index (χ3n) is 1.62. The zero-order chi connectivity index (χ0) is 12.9. The van der Waals surface area contributed by atoms with Crippen molar-refractivity contribution in [1.82, 2.24) is 0 Å². The van der Waals surface area contributed by atoms with Crippen molar-refractivity contribution in [3.05, 3.63) is 0 Å². The van der Waals surface area contributed by atoms with Crippen LogP contribution >= 0.6 is 7.82 Å². The second-order valence-corrected chi connectivity index (χ2v) is 4.15. The van der Waals surface area contributed by atoms with E-state index in [9.17, 15) is 9.36 Å². The number of carbonyl (C=O) groups is 1. The second kappa shape index (κ2) is 7.85. The number of rotatable bonds is 7. The van der Waals surface area contributed by atoms with Crippen LogP contribution < -0.4 is 0 Å². The minimum absolute atomic E-state index is 0. The normalized spacial score (nSPS) is 16.8. The number of ketones is 1. The van der Waals surface area contributed by atoms with Crippen LogP contribution in [0.5, 0.6) is 0 Å². The summed E-state index contributed by atoms with van der Waals surface area (Å²) < 4.78 is 14.1. The summed E-state index contributed by atoms with van der Waals surface area (Å²) in [5, 5.41) is 35.6. The molecule has 0 spiro atoms. The first-order valence-electron chi connectivity index (χ1n) is 4.07. The molecule has 0 aliphatic rings. The van der Waals surface area contributed by atoms with E-state index in [0.717, 1.165) is 0 Å². The van der Waals surface area contributed by atoms with Gasteiger partial charge in [0.25, 0.3) is 0 Å². The fourth-order valence-electron chi connectivity index (χ4n) is 0.766. The minimum atomic E-state index is -4.81. The van der Waals surface area contributed by atoms with Crippen LogP contribution in [-0.2, 0) is 13.9 Å². The van der Waals surface area contributed by atoms with Gasteiger partial charge in [0.15, 0.2) is 5.78 Å². The van der Waals surface area contributed by atoms with E-state index >= 15 is 0 Å². The Hall–Kier alpha value is -0.380. The summed E-state index contributed by atoms with van der Waals surface area (Å²) in [7, 11) is -4.81. The van der Waals surface area contributed by atoms with Crippen LogP contribution in [0.25, 0.3) is 0 Å². The van der Waals surface area contributed by atoms with E-state index in [-0.39, 0.29) is 7.43 Å². The van der Waals surface area contributed by atoms with Gasteiger partial charge in [0.2, 0.25) is 0 Å². The third kappa shape index (κ3) is 7.53. The van der Waals surface area contributed by atoms with E-state index in [4.69, 9.17) is 30.2 Å². The van der Waals surface area contributed by atoms with Crippen molar-refractivity contribution in [3.8, 4) is 0 Å². The molecule has 0 radical (unpaired) electrons. The molecular weight excluding hydrogens is 259 g/mol. The van der Waals surface area contributed by atoms with Crippen LogP contribution in [0.4, 0.5) is 0 Å². The molecule has 104 valence electrons. The molecule has 0 amide bonds. The number of phosphoric ester groups is 1. The summed E-state index contributed by atoms with van der Waals surface area (Å²) in [5.41, 5.74) is 0. The van der Waals surface area contributed by atoms with Crippen LogP contribution in [0.1, 0.15) is 7.43 Å². The first-order chi connectivity index (χ1) is 7.19. The second-order valence-electron chi connectivity index (χ2n) is 2.91. The molecule has 6 N–H and O–H groups in total. The summed E-state index contributed by atoms with van der Waals surface area (Å²) in [5.74, 6) is -1.14. The van der Waals surface area contributed by atoms with E-state index < -0.39 is 45.1 Å². The first kappa shape index (κ1) is 19.0. The maximum absolute atomic E-state index is 10.7. The SMILES string of the molecule is C.O=C(CO)[C@@H](O)[C@H](O)[C@H](O)COP(=O)(O)O. The number of aliphatic hydroxyl groups is 4. The molecule has 9 nitrogen and oxygen atoms in total. The topological polar surface area (TPSA) is 165 Å². The molecule has 0 heterocycles. The number of carbonyl (C=O) groups excluding carboxylic acids is 1. The molecule has 3 atom stereocenters. The highest BCUT2D eigenvalue weighted by atomic mass is 31.2. The van der Waals surface area contributed by atoms with Gasteiger partial charge in [-0.2, -0.15) is 0 Å². The van der Waals surface area contributed by atoms with Gasteiger partial charge in [-0.15, -0.1) is 0 Å². The summed E-state index contributed by atoms with van der Waals surface area (Å²) in [6, 6.07) is 0. The number of hydrogen-bond acceptors (Lipinski definition) is 7. The van der Waals surface area contributed by atoms with Crippen molar-refractivity contribution >= 4 is 13.6 Å². The van der Waals surface area contributed by atoms with Gasteiger partial charge < -0.3 is 30.2 Å². The van der Waals surface area contributed by atoms with E-state index in [1.54, 1.807) is 0 Å². The van der Waals surface area contributed by atoms with Gasteiger partial charge in [-0.3, -0.25) is 9.32 Å².